The molecule has 0 fully saturated rings. The Labute approximate surface area is 101 Å². The number of rotatable bonds is 1. The number of aromatic nitrogens is 2. The lowest BCUT2D eigenvalue weighted by atomic mass is 10.2. The molecule has 2 rings (SSSR count). The largest absolute Gasteiger partial charge is 0.397 e. The van der Waals surface area contributed by atoms with Gasteiger partial charge in [-0.3, -0.25) is 4.98 Å². The van der Waals surface area contributed by atoms with E-state index in [1.165, 1.54) is 24.4 Å². The minimum absolute atomic E-state index is 0.0863. The Morgan fingerprint density at radius 1 is 1.25 bits per heavy atom. The van der Waals surface area contributed by atoms with E-state index in [-0.39, 0.29) is 10.7 Å². The van der Waals surface area contributed by atoms with Gasteiger partial charge in [-0.25, -0.2) is 4.98 Å². The highest BCUT2D eigenvalue weighted by Crippen LogP contribution is 2.26. The van der Waals surface area contributed by atoms with E-state index in [0.29, 0.717) is 16.4 Å². The van der Waals surface area contributed by atoms with E-state index < -0.39 is 5.95 Å². The number of anilines is 1. The summed E-state index contributed by atoms with van der Waals surface area (Å²) in [6, 6.07) is 4.45. The van der Waals surface area contributed by atoms with E-state index in [4.69, 9.17) is 28.9 Å². The number of nitrogens with zero attached hydrogens (tertiary/aromatic N) is 2. The summed E-state index contributed by atoms with van der Waals surface area (Å²) in [4.78, 5) is 7.45. The second kappa shape index (κ2) is 4.23. The molecule has 2 N–H and O–H groups in total. The monoisotopic (exact) mass is 257 g/mol. The standard InChI is InChI=1S/C10H6Cl2FN3/c11-6-4-15-8(3-7(6)14)5-1-2-9(12)16-10(5)13/h1-4H,(H2,14,15). The Hall–Kier alpha value is -1.39. The minimum atomic E-state index is -0.693. The number of hydrogen-bond acceptors (Lipinski definition) is 3. The van der Waals surface area contributed by atoms with Gasteiger partial charge in [0.2, 0.25) is 5.95 Å². The second-order valence-corrected chi connectivity index (χ2v) is 3.86. The molecule has 0 aliphatic carbocycles. The Kier molecular flexibility index (Phi) is 2.94. The molecule has 0 unspecified atom stereocenters. The summed E-state index contributed by atoms with van der Waals surface area (Å²) in [7, 11) is 0. The van der Waals surface area contributed by atoms with Gasteiger partial charge in [-0.2, -0.15) is 4.39 Å². The molecule has 0 aromatic carbocycles. The number of halogens is 3. The van der Waals surface area contributed by atoms with Crippen LogP contribution in [0.2, 0.25) is 10.2 Å². The SMILES string of the molecule is Nc1cc(-c2ccc(Cl)nc2F)ncc1Cl. The van der Waals surface area contributed by atoms with Crippen LogP contribution in [0, 0.1) is 5.95 Å². The molecular weight excluding hydrogens is 252 g/mol. The zero-order chi connectivity index (χ0) is 11.7. The Morgan fingerprint density at radius 3 is 2.62 bits per heavy atom. The third-order valence-electron chi connectivity index (χ3n) is 1.98. The van der Waals surface area contributed by atoms with E-state index in [0.717, 1.165) is 0 Å². The molecule has 0 radical (unpaired) electrons. The van der Waals surface area contributed by atoms with Gasteiger partial charge in [0.05, 0.1) is 22.0 Å². The van der Waals surface area contributed by atoms with Gasteiger partial charge >= 0.3 is 0 Å². The molecule has 0 aliphatic heterocycles. The molecule has 3 nitrogen and oxygen atoms in total. The fraction of sp³-hybridized carbons (Fsp3) is 0. The molecule has 0 amide bonds. The van der Waals surface area contributed by atoms with E-state index in [1.807, 2.05) is 0 Å². The van der Waals surface area contributed by atoms with Crippen LogP contribution < -0.4 is 5.73 Å². The van der Waals surface area contributed by atoms with Crippen molar-refractivity contribution in [3.8, 4) is 11.3 Å². The van der Waals surface area contributed by atoms with Gasteiger partial charge in [0.1, 0.15) is 5.15 Å². The lowest BCUT2D eigenvalue weighted by Gasteiger charge is -2.04. The van der Waals surface area contributed by atoms with Crippen molar-refractivity contribution >= 4 is 28.9 Å². The lowest BCUT2D eigenvalue weighted by molar-refractivity contribution is 0.587. The van der Waals surface area contributed by atoms with Crippen LogP contribution >= 0.6 is 23.2 Å². The fourth-order valence-electron chi connectivity index (χ4n) is 1.20. The third-order valence-corrected chi connectivity index (χ3v) is 2.50. The molecule has 6 heteroatoms. The summed E-state index contributed by atoms with van der Waals surface area (Å²) in [6.07, 6.45) is 1.36. The first-order valence-electron chi connectivity index (χ1n) is 4.31. The highest BCUT2D eigenvalue weighted by molar-refractivity contribution is 6.33. The quantitative estimate of drug-likeness (QED) is 0.799. The summed E-state index contributed by atoms with van der Waals surface area (Å²) < 4.78 is 13.5. The molecule has 0 spiro atoms. The maximum absolute atomic E-state index is 13.5. The third kappa shape index (κ3) is 2.08. The second-order valence-electron chi connectivity index (χ2n) is 3.06. The average molecular weight is 258 g/mol. The summed E-state index contributed by atoms with van der Waals surface area (Å²) in [5.74, 6) is -0.693. The molecule has 2 heterocycles. The Bertz CT molecular complexity index is 546. The molecule has 2 aromatic heterocycles. The maximum atomic E-state index is 13.5. The van der Waals surface area contributed by atoms with Crippen LogP contribution in [0.15, 0.2) is 24.4 Å². The molecule has 0 aliphatic rings. The molecular formula is C10H6Cl2FN3. The van der Waals surface area contributed by atoms with Gasteiger partial charge < -0.3 is 5.73 Å². The van der Waals surface area contributed by atoms with Crippen molar-refractivity contribution in [2.75, 3.05) is 5.73 Å². The summed E-state index contributed by atoms with van der Waals surface area (Å²) in [5, 5.41) is 0.411. The van der Waals surface area contributed by atoms with E-state index >= 15 is 0 Å². The number of nitrogen functional groups attached to an aromatic ring is 1. The molecule has 0 bridgehead atoms. The number of pyridine rings is 2. The summed E-state index contributed by atoms with van der Waals surface area (Å²) in [6.45, 7) is 0. The van der Waals surface area contributed by atoms with Crippen molar-refractivity contribution in [2.45, 2.75) is 0 Å². The van der Waals surface area contributed by atoms with E-state index in [2.05, 4.69) is 9.97 Å². The Balaban J connectivity index is 2.54. The molecule has 2 aromatic rings. The van der Waals surface area contributed by atoms with Gasteiger partial charge in [-0.05, 0) is 18.2 Å². The van der Waals surface area contributed by atoms with Crippen LogP contribution in [-0.4, -0.2) is 9.97 Å². The first-order chi connectivity index (χ1) is 7.58. The van der Waals surface area contributed by atoms with Crippen molar-refractivity contribution in [2.24, 2.45) is 0 Å². The van der Waals surface area contributed by atoms with Gasteiger partial charge in [0, 0.05) is 6.20 Å². The molecule has 16 heavy (non-hydrogen) atoms. The van der Waals surface area contributed by atoms with Crippen LogP contribution in [0.4, 0.5) is 10.1 Å². The maximum Gasteiger partial charge on any atom is 0.223 e. The zero-order valence-corrected chi connectivity index (χ0v) is 9.43. The van der Waals surface area contributed by atoms with Crippen LogP contribution in [-0.2, 0) is 0 Å². The lowest BCUT2D eigenvalue weighted by Crippen LogP contribution is -1.94. The van der Waals surface area contributed by atoms with Gasteiger partial charge in [0.15, 0.2) is 0 Å². The highest BCUT2D eigenvalue weighted by Gasteiger charge is 2.09. The van der Waals surface area contributed by atoms with Gasteiger partial charge in [-0.15, -0.1) is 0 Å². The molecule has 0 atom stereocenters. The van der Waals surface area contributed by atoms with Crippen molar-refractivity contribution in [3.05, 3.63) is 40.5 Å². The van der Waals surface area contributed by atoms with Crippen molar-refractivity contribution in [3.63, 3.8) is 0 Å². The molecule has 0 saturated carbocycles. The van der Waals surface area contributed by atoms with E-state index in [9.17, 15) is 4.39 Å². The predicted octanol–water partition coefficient (Wildman–Crippen LogP) is 3.17. The van der Waals surface area contributed by atoms with Crippen LogP contribution in [0.3, 0.4) is 0 Å². The summed E-state index contributed by atoms with van der Waals surface area (Å²) >= 11 is 11.3. The van der Waals surface area contributed by atoms with Gasteiger partial charge in [-0.1, -0.05) is 23.2 Å². The van der Waals surface area contributed by atoms with Crippen LogP contribution in [0.1, 0.15) is 0 Å². The summed E-state index contributed by atoms with van der Waals surface area (Å²) in [5.41, 5.74) is 6.53. The number of nitrogens with two attached hydrogens (primary N) is 1. The minimum Gasteiger partial charge on any atom is -0.397 e. The molecule has 0 saturated heterocycles. The first kappa shape index (κ1) is 11.1. The normalized spacial score (nSPS) is 10.4. The van der Waals surface area contributed by atoms with Crippen molar-refractivity contribution in [1.29, 1.82) is 0 Å². The van der Waals surface area contributed by atoms with E-state index in [1.54, 1.807) is 0 Å². The zero-order valence-electron chi connectivity index (χ0n) is 7.92. The smallest absolute Gasteiger partial charge is 0.223 e. The average Bonchev–Trinajstić information content (AvgIpc) is 2.22. The number of hydrogen-bond donors (Lipinski definition) is 1. The van der Waals surface area contributed by atoms with Crippen LogP contribution in [0.25, 0.3) is 11.3 Å². The van der Waals surface area contributed by atoms with Crippen molar-refractivity contribution in [1.82, 2.24) is 9.97 Å². The van der Waals surface area contributed by atoms with Crippen LogP contribution in [0.5, 0.6) is 0 Å². The van der Waals surface area contributed by atoms with Crippen molar-refractivity contribution < 1.29 is 4.39 Å². The topological polar surface area (TPSA) is 51.8 Å². The Morgan fingerprint density at radius 2 is 2.00 bits per heavy atom. The first-order valence-corrected chi connectivity index (χ1v) is 5.07. The predicted molar refractivity (Wildman–Crippen MR) is 61.9 cm³/mol. The molecule has 82 valence electrons. The van der Waals surface area contributed by atoms with Gasteiger partial charge in [0.25, 0.3) is 0 Å². The fourth-order valence-corrected chi connectivity index (χ4v) is 1.45. The highest BCUT2D eigenvalue weighted by atomic mass is 35.5.